The maximum Gasteiger partial charge on any atom is 0.237 e. The van der Waals surface area contributed by atoms with Crippen LogP contribution in [0.25, 0.3) is 0 Å². The van der Waals surface area contributed by atoms with Gasteiger partial charge in [-0.15, -0.1) is 0 Å². The zero-order valence-corrected chi connectivity index (χ0v) is 13.0. The van der Waals surface area contributed by atoms with Gasteiger partial charge in [-0.3, -0.25) is 4.79 Å². The molecule has 1 aliphatic rings. The van der Waals surface area contributed by atoms with Crippen LogP contribution in [-0.2, 0) is 4.79 Å². The third kappa shape index (κ3) is 5.11. The molecule has 0 aliphatic carbocycles. The first-order chi connectivity index (χ1) is 9.10. The van der Waals surface area contributed by atoms with Crippen molar-refractivity contribution >= 4 is 5.91 Å². The molecule has 0 bridgehead atoms. The normalized spacial score (nSPS) is 21.7. The molecule has 1 heterocycles. The van der Waals surface area contributed by atoms with Gasteiger partial charge < -0.3 is 15.5 Å². The largest absolute Gasteiger partial charge is 0.353 e. The van der Waals surface area contributed by atoms with Gasteiger partial charge in [0, 0.05) is 12.6 Å². The lowest BCUT2D eigenvalue weighted by Crippen LogP contribution is -2.51. The van der Waals surface area contributed by atoms with E-state index in [-0.39, 0.29) is 11.9 Å². The Bertz CT molecular complexity index is 258. The number of rotatable bonds is 7. The lowest BCUT2D eigenvalue weighted by molar-refractivity contribution is -0.124. The Hall–Kier alpha value is -0.610. The first-order valence-electron chi connectivity index (χ1n) is 7.77. The second kappa shape index (κ2) is 8.54. The summed E-state index contributed by atoms with van der Waals surface area (Å²) in [4.78, 5) is 14.4. The van der Waals surface area contributed by atoms with Crippen LogP contribution >= 0.6 is 0 Å². The molecule has 0 aromatic carbocycles. The predicted molar refractivity (Wildman–Crippen MR) is 80.2 cm³/mol. The van der Waals surface area contributed by atoms with Crippen molar-refractivity contribution < 1.29 is 4.79 Å². The predicted octanol–water partition coefficient (Wildman–Crippen LogP) is 1.61. The molecule has 2 atom stereocenters. The molecule has 1 aliphatic heterocycles. The molecule has 2 N–H and O–H groups in total. The van der Waals surface area contributed by atoms with Gasteiger partial charge in [-0.05, 0) is 39.4 Å². The Morgan fingerprint density at radius 3 is 2.47 bits per heavy atom. The van der Waals surface area contributed by atoms with Crippen molar-refractivity contribution in [2.75, 3.05) is 27.2 Å². The number of carbonyl (C=O) groups is 1. The average molecular weight is 269 g/mol. The van der Waals surface area contributed by atoms with E-state index in [4.69, 9.17) is 0 Å². The molecule has 0 saturated carbocycles. The van der Waals surface area contributed by atoms with Gasteiger partial charge in [0.1, 0.15) is 0 Å². The van der Waals surface area contributed by atoms with Gasteiger partial charge in [-0.25, -0.2) is 0 Å². The highest BCUT2D eigenvalue weighted by Gasteiger charge is 2.24. The molecule has 1 rings (SSSR count). The fourth-order valence-corrected chi connectivity index (χ4v) is 3.01. The average Bonchev–Trinajstić information content (AvgIpc) is 2.43. The molecule has 1 unspecified atom stereocenters. The number of likely N-dealkylation sites (N-methyl/N-ethyl adjacent to an activating group) is 1. The van der Waals surface area contributed by atoms with Gasteiger partial charge in [-0.1, -0.05) is 33.1 Å². The molecule has 1 amide bonds. The molecular formula is C15H31N3O. The minimum Gasteiger partial charge on any atom is -0.353 e. The second-order valence-electron chi connectivity index (χ2n) is 5.86. The smallest absolute Gasteiger partial charge is 0.237 e. The van der Waals surface area contributed by atoms with E-state index < -0.39 is 0 Å². The Morgan fingerprint density at radius 2 is 2.00 bits per heavy atom. The van der Waals surface area contributed by atoms with Crippen molar-refractivity contribution in [3.63, 3.8) is 0 Å². The summed E-state index contributed by atoms with van der Waals surface area (Å²) >= 11 is 0. The van der Waals surface area contributed by atoms with Crippen LogP contribution in [0.3, 0.4) is 0 Å². The van der Waals surface area contributed by atoms with E-state index in [1.54, 1.807) is 0 Å². The Morgan fingerprint density at radius 1 is 1.32 bits per heavy atom. The van der Waals surface area contributed by atoms with Crippen LogP contribution in [0.2, 0.25) is 0 Å². The van der Waals surface area contributed by atoms with E-state index in [9.17, 15) is 4.79 Å². The lowest BCUT2D eigenvalue weighted by Gasteiger charge is -2.32. The third-order valence-electron chi connectivity index (χ3n) is 4.37. The summed E-state index contributed by atoms with van der Waals surface area (Å²) in [7, 11) is 4.21. The van der Waals surface area contributed by atoms with Crippen LogP contribution in [0.4, 0.5) is 0 Å². The summed E-state index contributed by atoms with van der Waals surface area (Å²) in [5.74, 6) is 0.826. The third-order valence-corrected chi connectivity index (χ3v) is 4.37. The van der Waals surface area contributed by atoms with Crippen molar-refractivity contribution in [1.29, 1.82) is 0 Å². The van der Waals surface area contributed by atoms with Gasteiger partial charge in [0.2, 0.25) is 5.91 Å². The number of nitrogens with zero attached hydrogens (tertiary/aromatic N) is 1. The van der Waals surface area contributed by atoms with Crippen LogP contribution in [-0.4, -0.2) is 50.1 Å². The molecule has 0 aromatic rings. The highest BCUT2D eigenvalue weighted by molar-refractivity contribution is 5.81. The fourth-order valence-electron chi connectivity index (χ4n) is 3.01. The number of amides is 1. The number of carbonyl (C=O) groups excluding carboxylic acids is 1. The Kier molecular flexibility index (Phi) is 7.39. The van der Waals surface area contributed by atoms with E-state index in [1.807, 2.05) is 0 Å². The van der Waals surface area contributed by atoms with E-state index in [0.717, 1.165) is 38.8 Å². The topological polar surface area (TPSA) is 44.4 Å². The number of hydrogen-bond acceptors (Lipinski definition) is 3. The maximum absolute atomic E-state index is 12.1. The van der Waals surface area contributed by atoms with Gasteiger partial charge in [0.05, 0.1) is 6.04 Å². The van der Waals surface area contributed by atoms with Gasteiger partial charge in [-0.2, -0.15) is 0 Å². The molecule has 4 nitrogen and oxygen atoms in total. The van der Waals surface area contributed by atoms with Gasteiger partial charge in [0.15, 0.2) is 0 Å². The summed E-state index contributed by atoms with van der Waals surface area (Å²) in [5.41, 5.74) is 0. The summed E-state index contributed by atoms with van der Waals surface area (Å²) in [5, 5.41) is 6.44. The number of nitrogens with one attached hydrogen (secondary N) is 2. The highest BCUT2D eigenvalue weighted by Crippen LogP contribution is 2.16. The molecule has 0 spiro atoms. The van der Waals surface area contributed by atoms with Crippen molar-refractivity contribution in [2.45, 2.75) is 58.0 Å². The van der Waals surface area contributed by atoms with E-state index in [1.165, 1.54) is 6.42 Å². The molecule has 0 aromatic heterocycles. The SMILES string of the molecule is CCC(CC)C(CNC(=O)[C@@H]1CCCCN1)N(C)C. The van der Waals surface area contributed by atoms with Crippen LogP contribution < -0.4 is 10.6 Å². The van der Waals surface area contributed by atoms with Crippen LogP contribution in [0.15, 0.2) is 0 Å². The summed E-state index contributed by atoms with van der Waals surface area (Å²) in [6, 6.07) is 0.459. The van der Waals surface area contributed by atoms with E-state index >= 15 is 0 Å². The maximum atomic E-state index is 12.1. The van der Waals surface area contributed by atoms with Gasteiger partial charge in [0.25, 0.3) is 0 Å². The van der Waals surface area contributed by atoms with Crippen molar-refractivity contribution in [1.82, 2.24) is 15.5 Å². The first-order valence-corrected chi connectivity index (χ1v) is 7.77. The van der Waals surface area contributed by atoms with Crippen LogP contribution in [0.5, 0.6) is 0 Å². The molecule has 0 radical (unpaired) electrons. The fraction of sp³-hybridized carbons (Fsp3) is 0.933. The van der Waals surface area contributed by atoms with Crippen molar-refractivity contribution in [3.8, 4) is 0 Å². The van der Waals surface area contributed by atoms with Crippen molar-refractivity contribution in [3.05, 3.63) is 0 Å². The van der Waals surface area contributed by atoms with E-state index in [0.29, 0.717) is 12.0 Å². The zero-order valence-electron chi connectivity index (χ0n) is 13.0. The number of piperidine rings is 1. The second-order valence-corrected chi connectivity index (χ2v) is 5.86. The molecular weight excluding hydrogens is 238 g/mol. The molecule has 1 fully saturated rings. The first kappa shape index (κ1) is 16.4. The van der Waals surface area contributed by atoms with Crippen LogP contribution in [0.1, 0.15) is 46.0 Å². The van der Waals surface area contributed by atoms with Crippen molar-refractivity contribution in [2.24, 2.45) is 5.92 Å². The molecule has 4 heteroatoms. The Labute approximate surface area is 118 Å². The highest BCUT2D eigenvalue weighted by atomic mass is 16.2. The molecule has 1 saturated heterocycles. The van der Waals surface area contributed by atoms with Gasteiger partial charge >= 0.3 is 0 Å². The Balaban J connectivity index is 2.44. The minimum atomic E-state index is 0.0262. The zero-order chi connectivity index (χ0) is 14.3. The molecule has 112 valence electrons. The number of hydrogen-bond donors (Lipinski definition) is 2. The summed E-state index contributed by atoms with van der Waals surface area (Å²) in [6.07, 6.45) is 5.66. The lowest BCUT2D eigenvalue weighted by atomic mass is 9.93. The summed E-state index contributed by atoms with van der Waals surface area (Å²) in [6.45, 7) is 6.20. The van der Waals surface area contributed by atoms with Crippen LogP contribution in [0, 0.1) is 5.92 Å². The minimum absolute atomic E-state index is 0.0262. The summed E-state index contributed by atoms with van der Waals surface area (Å²) < 4.78 is 0. The monoisotopic (exact) mass is 269 g/mol. The standard InChI is InChI=1S/C15H31N3O/c1-5-12(6-2)14(18(3)4)11-17-15(19)13-9-7-8-10-16-13/h12-14,16H,5-11H2,1-4H3,(H,17,19)/t13-,14?/m0/s1. The quantitative estimate of drug-likeness (QED) is 0.738. The molecule has 19 heavy (non-hydrogen) atoms. The van der Waals surface area contributed by atoms with E-state index in [2.05, 4.69) is 43.5 Å².